The lowest BCUT2D eigenvalue weighted by molar-refractivity contribution is -0.153. The number of benzene rings is 2. The summed E-state index contributed by atoms with van der Waals surface area (Å²) in [6.07, 6.45) is 3.48. The molecule has 0 N–H and O–H groups in total. The van der Waals surface area contributed by atoms with E-state index in [1.165, 1.54) is 11.1 Å². The van der Waals surface area contributed by atoms with Crippen molar-refractivity contribution in [3.8, 4) is 0 Å². The molecule has 2 nitrogen and oxygen atoms in total. The molecule has 4 atom stereocenters. The van der Waals surface area contributed by atoms with Crippen molar-refractivity contribution in [1.29, 1.82) is 0 Å². The lowest BCUT2D eigenvalue weighted by Gasteiger charge is -2.23. The third-order valence-electron chi connectivity index (χ3n) is 5.31. The third-order valence-corrected chi connectivity index (χ3v) is 5.31. The fourth-order valence-corrected chi connectivity index (χ4v) is 3.91. The Morgan fingerprint density at radius 3 is 1.64 bits per heavy atom. The van der Waals surface area contributed by atoms with Gasteiger partial charge in [0, 0.05) is 5.41 Å². The van der Waals surface area contributed by atoms with Gasteiger partial charge in [-0.15, -0.1) is 0 Å². The van der Waals surface area contributed by atoms with Crippen molar-refractivity contribution in [2.75, 3.05) is 0 Å². The highest BCUT2D eigenvalue weighted by molar-refractivity contribution is 5.23. The van der Waals surface area contributed by atoms with Crippen LogP contribution in [0.15, 0.2) is 60.7 Å². The van der Waals surface area contributed by atoms with Gasteiger partial charge in [-0.05, 0) is 30.4 Å². The van der Waals surface area contributed by atoms with Crippen LogP contribution in [0.1, 0.15) is 49.5 Å². The zero-order valence-electron chi connectivity index (χ0n) is 12.9. The van der Waals surface area contributed by atoms with Crippen LogP contribution < -0.4 is 0 Å². The fourth-order valence-electron chi connectivity index (χ4n) is 3.91. The van der Waals surface area contributed by atoms with E-state index in [-0.39, 0.29) is 23.9 Å². The minimum absolute atomic E-state index is 0.0760. The molecule has 0 amide bonds. The largest absolute Gasteiger partial charge is 0.344 e. The normalized spacial score (nSPS) is 33.8. The molecule has 0 radical (unpaired) electrons. The first-order valence-electron chi connectivity index (χ1n) is 8.21. The van der Waals surface area contributed by atoms with Crippen LogP contribution in [-0.2, 0) is 9.47 Å². The first-order valence-corrected chi connectivity index (χ1v) is 8.21. The second-order valence-electron chi connectivity index (χ2n) is 6.53. The Morgan fingerprint density at radius 1 is 0.818 bits per heavy atom. The Kier molecular flexibility index (Phi) is 3.51. The molecule has 2 fully saturated rings. The maximum absolute atomic E-state index is 6.30. The summed E-state index contributed by atoms with van der Waals surface area (Å²) < 4.78 is 12.6. The van der Waals surface area contributed by atoms with E-state index in [2.05, 4.69) is 67.6 Å². The van der Waals surface area contributed by atoms with Gasteiger partial charge in [0.2, 0.25) is 0 Å². The molecule has 0 bridgehead atoms. The highest BCUT2D eigenvalue weighted by Crippen LogP contribution is 2.58. The number of rotatable bonds is 3. The summed E-state index contributed by atoms with van der Waals surface area (Å²) in [7, 11) is 0. The van der Waals surface area contributed by atoms with Crippen LogP contribution in [0.4, 0.5) is 0 Å². The lowest BCUT2D eigenvalue weighted by atomic mass is 9.77. The van der Waals surface area contributed by atoms with Gasteiger partial charge in [-0.1, -0.05) is 67.6 Å². The van der Waals surface area contributed by atoms with Crippen LogP contribution in [0.5, 0.6) is 0 Å². The van der Waals surface area contributed by atoms with E-state index in [0.717, 1.165) is 19.3 Å². The Labute approximate surface area is 132 Å². The van der Waals surface area contributed by atoms with Gasteiger partial charge < -0.3 is 9.47 Å². The first kappa shape index (κ1) is 14.0. The second kappa shape index (κ2) is 5.53. The van der Waals surface area contributed by atoms with Gasteiger partial charge in [0.15, 0.2) is 6.29 Å². The topological polar surface area (TPSA) is 18.5 Å². The van der Waals surface area contributed by atoms with Crippen LogP contribution in [-0.4, -0.2) is 6.29 Å². The van der Waals surface area contributed by atoms with E-state index < -0.39 is 0 Å². The van der Waals surface area contributed by atoms with Crippen molar-refractivity contribution in [2.24, 2.45) is 5.41 Å². The Bertz CT molecular complexity index is 571. The highest BCUT2D eigenvalue weighted by atomic mass is 16.7. The van der Waals surface area contributed by atoms with Crippen LogP contribution in [0.3, 0.4) is 0 Å². The van der Waals surface area contributed by atoms with Crippen LogP contribution >= 0.6 is 0 Å². The summed E-state index contributed by atoms with van der Waals surface area (Å²) in [5.74, 6) is 0. The molecule has 2 aromatic carbocycles. The van der Waals surface area contributed by atoms with E-state index in [9.17, 15) is 0 Å². The van der Waals surface area contributed by atoms with Gasteiger partial charge in [-0.3, -0.25) is 0 Å². The molecule has 0 aromatic heterocycles. The number of hydrogen-bond acceptors (Lipinski definition) is 2. The zero-order valence-corrected chi connectivity index (χ0v) is 12.9. The molecule has 2 aliphatic heterocycles. The first-order chi connectivity index (χ1) is 10.8. The molecule has 2 heteroatoms. The van der Waals surface area contributed by atoms with E-state index >= 15 is 0 Å². The number of fused-ring (bicyclic) bond motifs is 1. The van der Waals surface area contributed by atoms with Gasteiger partial charge in [-0.25, -0.2) is 0 Å². The smallest absolute Gasteiger partial charge is 0.164 e. The molecular formula is C20H22O2. The molecule has 2 saturated heterocycles. The SMILES string of the molecule is CCC12C[C@@H](c3ccccc3)OC1O[C@@H](c1ccccc1)C2. The predicted octanol–water partition coefficient (Wildman–Crippen LogP) is 5.03. The van der Waals surface area contributed by atoms with Crippen LogP contribution in [0, 0.1) is 5.41 Å². The van der Waals surface area contributed by atoms with Crippen molar-refractivity contribution in [3.63, 3.8) is 0 Å². The molecule has 0 spiro atoms. The molecule has 0 saturated carbocycles. The Morgan fingerprint density at radius 2 is 1.27 bits per heavy atom. The summed E-state index contributed by atoms with van der Waals surface area (Å²) in [4.78, 5) is 0. The molecule has 2 aliphatic rings. The van der Waals surface area contributed by atoms with Crippen LogP contribution in [0.2, 0.25) is 0 Å². The van der Waals surface area contributed by atoms with Crippen molar-refractivity contribution in [2.45, 2.75) is 44.7 Å². The molecule has 2 aromatic rings. The van der Waals surface area contributed by atoms with Gasteiger partial charge in [0.25, 0.3) is 0 Å². The summed E-state index contributed by atoms with van der Waals surface area (Å²) in [6.45, 7) is 2.26. The van der Waals surface area contributed by atoms with Gasteiger partial charge in [-0.2, -0.15) is 0 Å². The van der Waals surface area contributed by atoms with Crippen LogP contribution in [0.25, 0.3) is 0 Å². The molecule has 4 rings (SSSR count). The summed E-state index contributed by atoms with van der Waals surface area (Å²) in [5.41, 5.74) is 2.69. The molecule has 2 heterocycles. The van der Waals surface area contributed by atoms with Gasteiger partial charge >= 0.3 is 0 Å². The summed E-state index contributed by atoms with van der Waals surface area (Å²) in [5, 5.41) is 0. The molecular weight excluding hydrogens is 272 g/mol. The molecule has 0 aliphatic carbocycles. The van der Waals surface area contributed by atoms with Gasteiger partial charge in [0.05, 0.1) is 12.2 Å². The van der Waals surface area contributed by atoms with Gasteiger partial charge in [0.1, 0.15) is 0 Å². The molecule has 114 valence electrons. The van der Waals surface area contributed by atoms with Crippen molar-refractivity contribution >= 4 is 0 Å². The second-order valence-corrected chi connectivity index (χ2v) is 6.53. The summed E-state index contributed by atoms with van der Waals surface area (Å²) >= 11 is 0. The van der Waals surface area contributed by atoms with E-state index in [0.29, 0.717) is 0 Å². The summed E-state index contributed by atoms with van der Waals surface area (Å²) in [6, 6.07) is 21.1. The van der Waals surface area contributed by atoms with Crippen molar-refractivity contribution < 1.29 is 9.47 Å². The third kappa shape index (κ3) is 2.27. The minimum atomic E-state index is -0.0760. The Balaban J connectivity index is 1.56. The maximum Gasteiger partial charge on any atom is 0.164 e. The molecule has 22 heavy (non-hydrogen) atoms. The highest BCUT2D eigenvalue weighted by Gasteiger charge is 2.55. The van der Waals surface area contributed by atoms with Crippen molar-refractivity contribution in [3.05, 3.63) is 71.8 Å². The quantitative estimate of drug-likeness (QED) is 0.790. The minimum Gasteiger partial charge on any atom is -0.344 e. The Hall–Kier alpha value is -1.64. The van der Waals surface area contributed by atoms with E-state index in [1.54, 1.807) is 0 Å². The van der Waals surface area contributed by atoms with E-state index in [1.807, 2.05) is 0 Å². The average molecular weight is 294 g/mol. The standard InChI is InChI=1S/C20H22O2/c1-2-20-13-17(15-9-5-3-6-10-15)21-19(20)22-18(14-20)16-11-7-4-8-12-16/h3-12,17-19H,2,13-14H2,1H3/t17-,18+,19?,20?. The maximum atomic E-state index is 6.30. The predicted molar refractivity (Wildman–Crippen MR) is 86.3 cm³/mol. The average Bonchev–Trinajstić information content (AvgIpc) is 3.11. The monoisotopic (exact) mass is 294 g/mol. The fraction of sp³-hybridized carbons (Fsp3) is 0.400. The zero-order chi connectivity index (χ0) is 15.0. The van der Waals surface area contributed by atoms with Crippen molar-refractivity contribution in [1.82, 2.24) is 0 Å². The number of ether oxygens (including phenoxy) is 2. The van der Waals surface area contributed by atoms with E-state index in [4.69, 9.17) is 9.47 Å². The molecule has 2 unspecified atom stereocenters. The number of hydrogen-bond donors (Lipinski definition) is 0. The lowest BCUT2D eigenvalue weighted by Crippen LogP contribution is -2.24.